The van der Waals surface area contributed by atoms with Crippen LogP contribution in [0.4, 0.5) is 4.39 Å². The molecule has 0 spiro atoms. The molecule has 0 saturated carbocycles. The first-order valence-corrected chi connectivity index (χ1v) is 3.31. The van der Waals surface area contributed by atoms with Crippen molar-refractivity contribution in [3.8, 4) is 5.75 Å². The van der Waals surface area contributed by atoms with E-state index in [1.807, 2.05) is 31.2 Å². The maximum Gasteiger partial charge on any atom is 0.119 e. The van der Waals surface area contributed by atoms with Crippen molar-refractivity contribution < 1.29 is 9.13 Å². The Balaban J connectivity index is 0.000000461. The summed E-state index contributed by atoms with van der Waals surface area (Å²) in [6, 6.07) is 7.96. The van der Waals surface area contributed by atoms with Gasteiger partial charge in [-0.2, -0.15) is 0 Å². The molecule has 0 N–H and O–H groups in total. The maximum atomic E-state index is 9.50. The Hall–Kier alpha value is -1.05. The van der Waals surface area contributed by atoms with Crippen molar-refractivity contribution in [3.63, 3.8) is 0 Å². The van der Waals surface area contributed by atoms with Gasteiger partial charge in [-0.25, -0.2) is 0 Å². The van der Waals surface area contributed by atoms with Gasteiger partial charge >= 0.3 is 0 Å². The molecule has 0 aliphatic rings. The molecule has 62 valence electrons. The molecule has 11 heavy (non-hydrogen) atoms. The standard InChI is InChI=1S/C8H10O.CH3F/c1-7-4-3-5-8(6-7)9-2;1-2/h3-6H,1-2H3;1H3. The summed E-state index contributed by atoms with van der Waals surface area (Å²) in [7, 11) is 2.18. The second-order valence-corrected chi connectivity index (χ2v) is 2.02. The van der Waals surface area contributed by atoms with Gasteiger partial charge in [0.1, 0.15) is 5.75 Å². The molecule has 2 heteroatoms. The smallest absolute Gasteiger partial charge is 0.119 e. The first-order chi connectivity index (χ1) is 5.33. The van der Waals surface area contributed by atoms with Crippen LogP contribution >= 0.6 is 0 Å². The zero-order valence-corrected chi connectivity index (χ0v) is 7.10. The molecule has 0 bridgehead atoms. The molecular weight excluding hydrogens is 143 g/mol. The summed E-state index contributed by atoms with van der Waals surface area (Å²) in [6.07, 6.45) is 0. The maximum absolute atomic E-state index is 9.50. The Morgan fingerprint density at radius 2 is 1.91 bits per heavy atom. The van der Waals surface area contributed by atoms with Gasteiger partial charge in [-0.15, -0.1) is 0 Å². The minimum atomic E-state index is 0.500. The fourth-order valence-electron chi connectivity index (χ4n) is 0.742. The van der Waals surface area contributed by atoms with Gasteiger partial charge in [-0.05, 0) is 24.6 Å². The van der Waals surface area contributed by atoms with Crippen LogP contribution in [-0.4, -0.2) is 14.3 Å². The summed E-state index contributed by atoms with van der Waals surface area (Å²) in [6.45, 7) is 2.04. The van der Waals surface area contributed by atoms with Crippen LogP contribution < -0.4 is 4.74 Å². The fourth-order valence-corrected chi connectivity index (χ4v) is 0.742. The number of methoxy groups -OCH3 is 1. The SMILES string of the molecule is CF.COc1cccc(C)c1. The van der Waals surface area contributed by atoms with E-state index in [1.165, 1.54) is 5.56 Å². The van der Waals surface area contributed by atoms with Gasteiger partial charge in [0.15, 0.2) is 0 Å². The van der Waals surface area contributed by atoms with Crippen molar-refractivity contribution in [2.24, 2.45) is 0 Å². The molecule has 0 radical (unpaired) electrons. The van der Waals surface area contributed by atoms with E-state index in [0.717, 1.165) is 5.75 Å². The van der Waals surface area contributed by atoms with Crippen LogP contribution in [0.2, 0.25) is 0 Å². The van der Waals surface area contributed by atoms with Gasteiger partial charge in [-0.1, -0.05) is 12.1 Å². The summed E-state index contributed by atoms with van der Waals surface area (Å²) in [5.74, 6) is 0.926. The number of halogens is 1. The van der Waals surface area contributed by atoms with E-state index < -0.39 is 0 Å². The number of alkyl halides is 1. The Kier molecular flexibility index (Phi) is 5.17. The lowest BCUT2D eigenvalue weighted by molar-refractivity contribution is 0.414. The van der Waals surface area contributed by atoms with E-state index in [2.05, 4.69) is 0 Å². The third-order valence-electron chi connectivity index (χ3n) is 1.23. The average Bonchev–Trinajstić information content (AvgIpc) is 2.08. The molecular formula is C9H13FO. The van der Waals surface area contributed by atoms with Gasteiger partial charge in [0.25, 0.3) is 0 Å². The van der Waals surface area contributed by atoms with Crippen LogP contribution in [0.1, 0.15) is 5.56 Å². The summed E-state index contributed by atoms with van der Waals surface area (Å²) < 4.78 is 14.5. The molecule has 1 aromatic rings. The van der Waals surface area contributed by atoms with Crippen LogP contribution in [0.3, 0.4) is 0 Å². The zero-order valence-electron chi connectivity index (χ0n) is 7.10. The lowest BCUT2D eigenvalue weighted by Gasteiger charge is -1.97. The van der Waals surface area contributed by atoms with Crippen molar-refractivity contribution in [1.29, 1.82) is 0 Å². The number of rotatable bonds is 1. The highest BCUT2D eigenvalue weighted by molar-refractivity contribution is 5.27. The predicted octanol–water partition coefficient (Wildman–Crippen LogP) is 2.59. The number of hydrogen-bond donors (Lipinski definition) is 0. The highest BCUT2D eigenvalue weighted by atomic mass is 19.1. The Bertz CT molecular complexity index is 199. The third kappa shape index (κ3) is 3.61. The van der Waals surface area contributed by atoms with Gasteiger partial charge in [0.05, 0.1) is 14.3 Å². The van der Waals surface area contributed by atoms with Gasteiger partial charge in [-0.3, -0.25) is 4.39 Å². The highest BCUT2D eigenvalue weighted by Gasteiger charge is 1.86. The Labute approximate surface area is 66.8 Å². The van der Waals surface area contributed by atoms with Crippen LogP contribution in [0.5, 0.6) is 5.75 Å². The second-order valence-electron chi connectivity index (χ2n) is 2.02. The average molecular weight is 156 g/mol. The first kappa shape index (κ1) is 9.95. The largest absolute Gasteiger partial charge is 0.497 e. The molecule has 0 amide bonds. The van der Waals surface area contributed by atoms with E-state index in [4.69, 9.17) is 4.74 Å². The molecule has 0 aliphatic heterocycles. The highest BCUT2D eigenvalue weighted by Crippen LogP contribution is 2.10. The molecule has 1 nitrogen and oxygen atoms in total. The predicted molar refractivity (Wildman–Crippen MR) is 44.8 cm³/mol. The molecule has 0 fully saturated rings. The van der Waals surface area contributed by atoms with Crippen molar-refractivity contribution in [3.05, 3.63) is 29.8 Å². The zero-order chi connectivity index (χ0) is 8.69. The van der Waals surface area contributed by atoms with Crippen LogP contribution in [0.15, 0.2) is 24.3 Å². The molecule has 0 aliphatic carbocycles. The fraction of sp³-hybridized carbons (Fsp3) is 0.333. The van der Waals surface area contributed by atoms with E-state index in [-0.39, 0.29) is 0 Å². The molecule has 0 aromatic heterocycles. The van der Waals surface area contributed by atoms with Crippen LogP contribution in [0.25, 0.3) is 0 Å². The lowest BCUT2D eigenvalue weighted by atomic mass is 10.2. The first-order valence-electron chi connectivity index (χ1n) is 3.31. The van der Waals surface area contributed by atoms with E-state index in [1.54, 1.807) is 7.11 Å². The topological polar surface area (TPSA) is 9.23 Å². The Morgan fingerprint density at radius 3 is 2.27 bits per heavy atom. The second kappa shape index (κ2) is 5.71. The Morgan fingerprint density at radius 1 is 1.27 bits per heavy atom. The van der Waals surface area contributed by atoms with Gasteiger partial charge in [0.2, 0.25) is 0 Å². The number of hydrogen-bond acceptors (Lipinski definition) is 1. The number of ether oxygens (including phenoxy) is 1. The van der Waals surface area contributed by atoms with E-state index >= 15 is 0 Å². The summed E-state index contributed by atoms with van der Waals surface area (Å²) in [5, 5.41) is 0. The summed E-state index contributed by atoms with van der Waals surface area (Å²) in [4.78, 5) is 0. The minimum absolute atomic E-state index is 0.500. The van der Waals surface area contributed by atoms with Crippen molar-refractivity contribution in [1.82, 2.24) is 0 Å². The summed E-state index contributed by atoms with van der Waals surface area (Å²) >= 11 is 0. The third-order valence-corrected chi connectivity index (χ3v) is 1.23. The quantitative estimate of drug-likeness (QED) is 0.607. The molecule has 1 rings (SSSR count). The monoisotopic (exact) mass is 156 g/mol. The van der Waals surface area contributed by atoms with Gasteiger partial charge < -0.3 is 4.74 Å². The summed E-state index contributed by atoms with van der Waals surface area (Å²) in [5.41, 5.74) is 1.23. The van der Waals surface area contributed by atoms with E-state index in [9.17, 15) is 4.39 Å². The van der Waals surface area contributed by atoms with Crippen molar-refractivity contribution >= 4 is 0 Å². The lowest BCUT2D eigenvalue weighted by Crippen LogP contribution is -1.81. The van der Waals surface area contributed by atoms with Crippen LogP contribution in [-0.2, 0) is 0 Å². The van der Waals surface area contributed by atoms with Gasteiger partial charge in [0, 0.05) is 0 Å². The normalized spacial score (nSPS) is 8.00. The van der Waals surface area contributed by atoms with Crippen molar-refractivity contribution in [2.75, 3.05) is 14.3 Å². The molecule has 1 aromatic carbocycles. The molecule has 0 atom stereocenters. The van der Waals surface area contributed by atoms with Crippen molar-refractivity contribution in [2.45, 2.75) is 6.92 Å². The molecule has 0 unspecified atom stereocenters. The number of benzene rings is 1. The molecule has 0 heterocycles. The minimum Gasteiger partial charge on any atom is -0.497 e. The molecule has 0 saturated heterocycles. The number of aryl methyl sites for hydroxylation is 1. The van der Waals surface area contributed by atoms with E-state index in [0.29, 0.717) is 7.18 Å². The van der Waals surface area contributed by atoms with Crippen LogP contribution in [0, 0.1) is 6.92 Å².